The second-order valence-corrected chi connectivity index (χ2v) is 2.02. The van der Waals surface area contributed by atoms with Gasteiger partial charge in [0.25, 0.3) is 0 Å². The summed E-state index contributed by atoms with van der Waals surface area (Å²) in [6.07, 6.45) is 0.449. The highest BCUT2D eigenvalue weighted by molar-refractivity contribution is 7.94. The molecule has 0 radical (unpaired) electrons. The van der Waals surface area contributed by atoms with Gasteiger partial charge in [0.1, 0.15) is 5.94 Å². The van der Waals surface area contributed by atoms with Crippen LogP contribution in [0, 0.1) is 11.3 Å². The number of ether oxygens (including phenoxy) is 1. The summed E-state index contributed by atoms with van der Waals surface area (Å²) in [7, 11) is 1.58. The van der Waals surface area contributed by atoms with Gasteiger partial charge in [0.05, 0.1) is 26.2 Å². The van der Waals surface area contributed by atoms with Crippen LogP contribution in [0.2, 0.25) is 0 Å². The first-order chi connectivity index (χ1) is 4.41. The maximum absolute atomic E-state index is 8.05. The highest BCUT2D eigenvalue weighted by Gasteiger charge is 1.85. The van der Waals surface area contributed by atoms with Gasteiger partial charge in [-0.3, -0.25) is 0 Å². The third kappa shape index (κ3) is 7.76. The van der Waals surface area contributed by atoms with Crippen molar-refractivity contribution in [2.24, 2.45) is 0 Å². The van der Waals surface area contributed by atoms with E-state index in [0.717, 1.165) is 0 Å². The van der Waals surface area contributed by atoms with Crippen LogP contribution in [0.25, 0.3) is 0 Å². The second kappa shape index (κ2) is 7.76. The summed E-state index contributed by atoms with van der Waals surface area (Å²) >= 11 is 1.23. The Kier molecular flexibility index (Phi) is 7.55. The molecule has 0 saturated carbocycles. The lowest BCUT2D eigenvalue weighted by molar-refractivity contribution is 0.185. The smallest absolute Gasteiger partial charge is 0.118 e. The molecular formula is C5H9NO2S. The standard InChI is InChI=1S/C5H9NO2S/c1-7-9-5-8-4-2-3-6/h2,4-5H2,1H3. The first-order valence-corrected chi connectivity index (χ1v) is 3.43. The van der Waals surface area contributed by atoms with Crippen LogP contribution in [0.1, 0.15) is 6.42 Å². The molecule has 52 valence electrons. The predicted octanol–water partition coefficient (Wildman–Crippen LogP) is 1.17. The van der Waals surface area contributed by atoms with Crippen LogP contribution in [0.3, 0.4) is 0 Å². The number of hydrogen-bond acceptors (Lipinski definition) is 4. The summed E-state index contributed by atoms with van der Waals surface area (Å²) in [6.45, 7) is 0.493. The summed E-state index contributed by atoms with van der Waals surface area (Å²) in [5.74, 6) is 0.498. The molecule has 0 aromatic carbocycles. The van der Waals surface area contributed by atoms with Crippen molar-refractivity contribution in [2.45, 2.75) is 6.42 Å². The fraction of sp³-hybridized carbons (Fsp3) is 0.800. The van der Waals surface area contributed by atoms with Gasteiger partial charge >= 0.3 is 0 Å². The summed E-state index contributed by atoms with van der Waals surface area (Å²) in [5, 5.41) is 8.05. The van der Waals surface area contributed by atoms with Gasteiger partial charge in [0.2, 0.25) is 0 Å². The predicted molar refractivity (Wildman–Crippen MR) is 35.6 cm³/mol. The Hall–Kier alpha value is -0.240. The normalized spacial score (nSPS) is 8.89. The average Bonchev–Trinajstić information content (AvgIpc) is 1.89. The first-order valence-electron chi connectivity index (χ1n) is 2.52. The molecule has 0 heterocycles. The molecule has 9 heavy (non-hydrogen) atoms. The molecular weight excluding hydrogens is 138 g/mol. The largest absolute Gasteiger partial charge is 0.367 e. The van der Waals surface area contributed by atoms with E-state index in [1.807, 2.05) is 6.07 Å². The van der Waals surface area contributed by atoms with Crippen molar-refractivity contribution >= 4 is 12.0 Å². The number of hydrogen-bond donors (Lipinski definition) is 0. The second-order valence-electron chi connectivity index (χ2n) is 1.22. The Labute approximate surface area is 59.2 Å². The molecule has 0 aliphatic heterocycles. The molecule has 0 N–H and O–H groups in total. The fourth-order valence-electron chi connectivity index (χ4n) is 0.259. The fourth-order valence-corrected chi connectivity index (χ4v) is 0.541. The minimum absolute atomic E-state index is 0.449. The van der Waals surface area contributed by atoms with E-state index in [9.17, 15) is 0 Å². The van der Waals surface area contributed by atoms with Crippen molar-refractivity contribution < 1.29 is 8.92 Å². The first kappa shape index (κ1) is 8.76. The zero-order valence-electron chi connectivity index (χ0n) is 5.29. The highest BCUT2D eigenvalue weighted by Crippen LogP contribution is 1.98. The van der Waals surface area contributed by atoms with Crippen molar-refractivity contribution in [1.29, 1.82) is 5.26 Å². The maximum Gasteiger partial charge on any atom is 0.118 e. The molecule has 0 aliphatic rings. The van der Waals surface area contributed by atoms with E-state index < -0.39 is 0 Å². The summed E-state index contributed by atoms with van der Waals surface area (Å²) < 4.78 is 9.56. The molecule has 4 heteroatoms. The Bertz CT molecular complexity index is 91.4. The quantitative estimate of drug-likeness (QED) is 0.332. The van der Waals surface area contributed by atoms with Crippen LogP contribution in [0.5, 0.6) is 0 Å². The van der Waals surface area contributed by atoms with Gasteiger partial charge in [-0.15, -0.1) is 0 Å². The third-order valence-corrected chi connectivity index (χ3v) is 1.11. The van der Waals surface area contributed by atoms with Crippen molar-refractivity contribution in [1.82, 2.24) is 0 Å². The maximum atomic E-state index is 8.05. The Balaban J connectivity index is 2.69. The Morgan fingerprint density at radius 2 is 2.44 bits per heavy atom. The highest BCUT2D eigenvalue weighted by atomic mass is 32.2. The van der Waals surface area contributed by atoms with Crippen LogP contribution in [-0.4, -0.2) is 19.7 Å². The monoisotopic (exact) mass is 147 g/mol. The van der Waals surface area contributed by atoms with Crippen molar-refractivity contribution in [2.75, 3.05) is 19.7 Å². The van der Waals surface area contributed by atoms with E-state index in [2.05, 4.69) is 4.18 Å². The van der Waals surface area contributed by atoms with Crippen LogP contribution in [0.15, 0.2) is 0 Å². The zero-order valence-corrected chi connectivity index (χ0v) is 6.11. The molecule has 3 nitrogen and oxygen atoms in total. The zero-order chi connectivity index (χ0) is 6.95. The van der Waals surface area contributed by atoms with Gasteiger partial charge < -0.3 is 8.92 Å². The summed E-state index contributed by atoms with van der Waals surface area (Å²) in [5.41, 5.74) is 0. The Morgan fingerprint density at radius 1 is 1.67 bits per heavy atom. The van der Waals surface area contributed by atoms with Gasteiger partial charge in [0.15, 0.2) is 0 Å². The lowest BCUT2D eigenvalue weighted by Gasteiger charge is -1.96. The minimum atomic E-state index is 0.449. The van der Waals surface area contributed by atoms with Gasteiger partial charge in [-0.1, -0.05) is 0 Å². The molecule has 0 unspecified atom stereocenters. The van der Waals surface area contributed by atoms with E-state index in [4.69, 9.17) is 10.00 Å². The van der Waals surface area contributed by atoms with Gasteiger partial charge in [-0.25, -0.2) is 0 Å². The van der Waals surface area contributed by atoms with Crippen LogP contribution in [-0.2, 0) is 8.92 Å². The van der Waals surface area contributed by atoms with E-state index in [1.54, 1.807) is 7.11 Å². The number of nitriles is 1. The number of nitrogens with zero attached hydrogens (tertiary/aromatic N) is 1. The van der Waals surface area contributed by atoms with E-state index in [1.165, 1.54) is 12.0 Å². The topological polar surface area (TPSA) is 42.2 Å². The molecule has 0 fully saturated rings. The van der Waals surface area contributed by atoms with Gasteiger partial charge in [-0.2, -0.15) is 5.26 Å². The SMILES string of the molecule is COSCOCCC#N. The van der Waals surface area contributed by atoms with E-state index in [0.29, 0.717) is 19.0 Å². The van der Waals surface area contributed by atoms with Crippen molar-refractivity contribution in [3.05, 3.63) is 0 Å². The van der Waals surface area contributed by atoms with Crippen molar-refractivity contribution in [3.8, 4) is 6.07 Å². The molecule has 0 bridgehead atoms. The molecule has 0 aliphatic carbocycles. The minimum Gasteiger partial charge on any atom is -0.367 e. The molecule has 0 saturated heterocycles. The van der Waals surface area contributed by atoms with Crippen molar-refractivity contribution in [3.63, 3.8) is 0 Å². The molecule has 0 atom stereocenters. The van der Waals surface area contributed by atoms with Crippen LogP contribution >= 0.6 is 12.0 Å². The summed E-state index contributed by atoms with van der Waals surface area (Å²) in [6, 6.07) is 1.97. The summed E-state index contributed by atoms with van der Waals surface area (Å²) in [4.78, 5) is 0. The number of rotatable bonds is 5. The van der Waals surface area contributed by atoms with Crippen LogP contribution in [0.4, 0.5) is 0 Å². The lowest BCUT2D eigenvalue weighted by Crippen LogP contribution is -1.91. The average molecular weight is 147 g/mol. The van der Waals surface area contributed by atoms with E-state index in [-0.39, 0.29) is 0 Å². The Morgan fingerprint density at radius 3 is 3.00 bits per heavy atom. The molecule has 0 spiro atoms. The molecule has 0 aromatic heterocycles. The van der Waals surface area contributed by atoms with Gasteiger partial charge in [0, 0.05) is 12.0 Å². The molecule has 0 amide bonds. The van der Waals surface area contributed by atoms with Gasteiger partial charge in [-0.05, 0) is 0 Å². The lowest BCUT2D eigenvalue weighted by atomic mass is 10.5. The third-order valence-electron chi connectivity index (χ3n) is 0.608. The van der Waals surface area contributed by atoms with Crippen LogP contribution < -0.4 is 0 Å². The molecule has 0 aromatic rings. The molecule has 0 rings (SSSR count). The van der Waals surface area contributed by atoms with E-state index >= 15 is 0 Å².